The van der Waals surface area contributed by atoms with Crippen molar-refractivity contribution in [1.29, 1.82) is 0 Å². The number of carbonyl (C=O) groups excluding carboxylic acids is 1. The van der Waals surface area contributed by atoms with Crippen LogP contribution in [0, 0.1) is 5.41 Å². The Balaban J connectivity index is 2.32. The van der Waals surface area contributed by atoms with Crippen LogP contribution in [-0.4, -0.2) is 53.9 Å². The lowest BCUT2D eigenvalue weighted by Crippen LogP contribution is -2.58. The van der Waals surface area contributed by atoms with Gasteiger partial charge in [-0.05, 0) is 12.8 Å². The van der Waals surface area contributed by atoms with E-state index in [9.17, 15) is 13.2 Å². The molecule has 0 bridgehead atoms. The highest BCUT2D eigenvalue weighted by atomic mass is 32.2. The zero-order valence-electron chi connectivity index (χ0n) is 12.2. The molecule has 8 heteroatoms. The van der Waals surface area contributed by atoms with Gasteiger partial charge < -0.3 is 10.6 Å². The lowest BCUT2D eigenvalue weighted by Gasteiger charge is -2.43. The second-order valence-corrected chi connectivity index (χ2v) is 9.66. The fourth-order valence-electron chi connectivity index (χ4n) is 3.16. The molecule has 0 radical (unpaired) electrons. The third-order valence-corrected chi connectivity index (χ3v) is 7.46. The molecule has 2 fully saturated rings. The first kappa shape index (κ1) is 17.0. The van der Waals surface area contributed by atoms with Gasteiger partial charge in [-0.1, -0.05) is 31.5 Å². The third kappa shape index (κ3) is 3.37. The van der Waals surface area contributed by atoms with Crippen molar-refractivity contribution in [3.63, 3.8) is 0 Å². The summed E-state index contributed by atoms with van der Waals surface area (Å²) in [6.45, 7) is 0.450. The van der Waals surface area contributed by atoms with E-state index in [1.807, 2.05) is 0 Å². The van der Waals surface area contributed by atoms with E-state index in [1.165, 1.54) is 11.2 Å². The summed E-state index contributed by atoms with van der Waals surface area (Å²) >= 11 is 6.75. The average Bonchev–Trinajstić information content (AvgIpc) is 2.46. The van der Waals surface area contributed by atoms with E-state index in [4.69, 9.17) is 18.0 Å². The number of amides is 1. The summed E-state index contributed by atoms with van der Waals surface area (Å²) in [7, 11) is -3.31. The summed E-state index contributed by atoms with van der Waals surface area (Å²) in [4.78, 5) is 14.8. The van der Waals surface area contributed by atoms with Crippen LogP contribution in [0.25, 0.3) is 0 Å². The van der Waals surface area contributed by atoms with Gasteiger partial charge in [0, 0.05) is 24.3 Å². The second kappa shape index (κ2) is 6.42. The number of nitrogens with zero attached hydrogens (tertiary/aromatic N) is 1. The lowest BCUT2D eigenvalue weighted by atomic mass is 9.73. The molecule has 1 saturated heterocycles. The lowest BCUT2D eigenvalue weighted by molar-refractivity contribution is -0.140. The Morgan fingerprint density at radius 3 is 2.48 bits per heavy atom. The average molecular weight is 351 g/mol. The molecule has 2 aliphatic rings. The van der Waals surface area contributed by atoms with E-state index < -0.39 is 20.6 Å². The molecule has 0 aromatic rings. The zero-order valence-corrected chi connectivity index (χ0v) is 14.7. The maximum atomic E-state index is 13.1. The van der Waals surface area contributed by atoms with Gasteiger partial charge >= 0.3 is 0 Å². The molecule has 2 rings (SSSR count). The summed E-state index contributed by atoms with van der Waals surface area (Å²) in [6.07, 6.45) is 5.37. The number of rotatable bonds is 3. The topological polar surface area (TPSA) is 80.5 Å². The molecule has 5 nitrogen and oxygen atoms in total. The summed E-state index contributed by atoms with van der Waals surface area (Å²) in [6, 6.07) is 0. The Kier molecular flexibility index (Phi) is 5.20. The molecular formula is C13H22N2O3S3. The van der Waals surface area contributed by atoms with Crippen LogP contribution in [0.5, 0.6) is 0 Å². The Morgan fingerprint density at radius 1 is 1.33 bits per heavy atom. The number of hydrogen-bond donors (Lipinski definition) is 1. The SMILES string of the molecule is CS(=O)(=O)C1CSCCN1C(=O)C1(C(N)=S)CCCCC1. The number of thioether (sulfide) groups is 1. The van der Waals surface area contributed by atoms with Crippen LogP contribution >= 0.6 is 24.0 Å². The largest absolute Gasteiger partial charge is 0.392 e. The molecule has 21 heavy (non-hydrogen) atoms. The molecule has 1 heterocycles. The van der Waals surface area contributed by atoms with Crippen molar-refractivity contribution < 1.29 is 13.2 Å². The van der Waals surface area contributed by atoms with E-state index in [1.54, 1.807) is 11.8 Å². The van der Waals surface area contributed by atoms with Gasteiger partial charge in [0.05, 0.1) is 10.4 Å². The second-order valence-electron chi connectivity index (χ2n) is 5.86. The van der Waals surface area contributed by atoms with Gasteiger partial charge in [-0.3, -0.25) is 4.79 Å². The molecule has 1 saturated carbocycles. The standard InChI is InChI=1S/C13H22N2O3S3/c1-21(17,18)10-9-20-8-7-15(10)12(16)13(11(14)19)5-3-2-4-6-13/h10H,2-9H2,1H3,(H2,14,19). The van der Waals surface area contributed by atoms with Crippen LogP contribution in [0.1, 0.15) is 32.1 Å². The van der Waals surface area contributed by atoms with E-state index in [0.29, 0.717) is 25.1 Å². The summed E-state index contributed by atoms with van der Waals surface area (Å²) in [5.41, 5.74) is 5.06. The highest BCUT2D eigenvalue weighted by Gasteiger charge is 2.48. The molecule has 120 valence electrons. The molecule has 2 N–H and O–H groups in total. The molecule has 0 spiro atoms. The highest BCUT2D eigenvalue weighted by Crippen LogP contribution is 2.40. The molecule has 0 aromatic carbocycles. The van der Waals surface area contributed by atoms with Crippen LogP contribution in [0.3, 0.4) is 0 Å². The van der Waals surface area contributed by atoms with Crippen LogP contribution in [0.2, 0.25) is 0 Å². The van der Waals surface area contributed by atoms with E-state index in [-0.39, 0.29) is 10.9 Å². The van der Waals surface area contributed by atoms with Crippen molar-refractivity contribution in [3.05, 3.63) is 0 Å². The predicted octanol–water partition coefficient (Wildman–Crippen LogP) is 1.17. The van der Waals surface area contributed by atoms with Gasteiger partial charge in [0.25, 0.3) is 0 Å². The minimum Gasteiger partial charge on any atom is -0.392 e. The molecule has 1 aliphatic heterocycles. The third-order valence-electron chi connectivity index (χ3n) is 4.43. The first-order chi connectivity index (χ1) is 9.79. The van der Waals surface area contributed by atoms with Crippen molar-refractivity contribution in [2.45, 2.75) is 37.5 Å². The summed E-state index contributed by atoms with van der Waals surface area (Å²) in [5, 5.41) is -0.753. The molecule has 1 amide bonds. The number of sulfone groups is 1. The van der Waals surface area contributed by atoms with Gasteiger partial charge in [-0.15, -0.1) is 0 Å². The minimum absolute atomic E-state index is 0.176. The number of thiocarbonyl (C=S) groups is 1. The molecule has 1 aliphatic carbocycles. The number of carbonyl (C=O) groups is 1. The zero-order chi connectivity index (χ0) is 15.7. The molecule has 0 aromatic heterocycles. The fraction of sp³-hybridized carbons (Fsp3) is 0.846. The van der Waals surface area contributed by atoms with E-state index in [2.05, 4.69) is 0 Å². The Morgan fingerprint density at radius 2 is 1.95 bits per heavy atom. The number of nitrogens with two attached hydrogens (primary N) is 1. The van der Waals surface area contributed by atoms with Gasteiger partial charge in [-0.25, -0.2) is 8.42 Å². The minimum atomic E-state index is -3.31. The number of hydrogen-bond acceptors (Lipinski definition) is 5. The van der Waals surface area contributed by atoms with E-state index >= 15 is 0 Å². The smallest absolute Gasteiger partial charge is 0.236 e. The summed E-state index contributed by atoms with van der Waals surface area (Å²) < 4.78 is 24.0. The van der Waals surface area contributed by atoms with Crippen LogP contribution < -0.4 is 5.73 Å². The Bertz CT molecular complexity index is 527. The first-order valence-electron chi connectivity index (χ1n) is 7.16. The van der Waals surface area contributed by atoms with Crippen molar-refractivity contribution >= 4 is 44.7 Å². The maximum Gasteiger partial charge on any atom is 0.236 e. The van der Waals surface area contributed by atoms with Crippen molar-refractivity contribution in [3.8, 4) is 0 Å². The first-order valence-corrected chi connectivity index (χ1v) is 10.7. The fourth-order valence-corrected chi connectivity index (χ4v) is 6.27. The predicted molar refractivity (Wildman–Crippen MR) is 90.0 cm³/mol. The van der Waals surface area contributed by atoms with Gasteiger partial charge in [0.15, 0.2) is 9.84 Å². The maximum absolute atomic E-state index is 13.1. The molecule has 1 unspecified atom stereocenters. The Hall–Kier alpha value is -0.340. The Labute approximate surface area is 135 Å². The highest BCUT2D eigenvalue weighted by molar-refractivity contribution is 8.00. The van der Waals surface area contributed by atoms with Crippen LogP contribution in [-0.2, 0) is 14.6 Å². The molecular weight excluding hydrogens is 328 g/mol. The van der Waals surface area contributed by atoms with Gasteiger partial charge in [0.1, 0.15) is 5.37 Å². The normalized spacial score (nSPS) is 26.3. The van der Waals surface area contributed by atoms with Gasteiger partial charge in [0.2, 0.25) is 5.91 Å². The quantitative estimate of drug-likeness (QED) is 0.770. The van der Waals surface area contributed by atoms with Crippen LogP contribution in [0.15, 0.2) is 0 Å². The van der Waals surface area contributed by atoms with Gasteiger partial charge in [-0.2, -0.15) is 11.8 Å². The van der Waals surface area contributed by atoms with Crippen molar-refractivity contribution in [2.24, 2.45) is 11.1 Å². The van der Waals surface area contributed by atoms with Crippen molar-refractivity contribution in [1.82, 2.24) is 4.90 Å². The molecule has 1 atom stereocenters. The van der Waals surface area contributed by atoms with E-state index in [0.717, 1.165) is 25.0 Å². The summed E-state index contributed by atoms with van der Waals surface area (Å²) in [5.74, 6) is 1.01. The monoisotopic (exact) mass is 350 g/mol. The van der Waals surface area contributed by atoms with Crippen molar-refractivity contribution in [2.75, 3.05) is 24.3 Å². The van der Waals surface area contributed by atoms with Crippen LogP contribution in [0.4, 0.5) is 0 Å².